The van der Waals surface area contributed by atoms with Gasteiger partial charge in [-0.3, -0.25) is 0 Å². The van der Waals surface area contributed by atoms with Crippen LogP contribution in [0.5, 0.6) is 0 Å². The Kier molecular flexibility index (Phi) is 4.22. The molecule has 96 valence electrons. The van der Waals surface area contributed by atoms with Crippen molar-refractivity contribution < 1.29 is 18.6 Å². The molecular weight excluding hydrogens is 226 g/mol. The maximum atomic E-state index is 13.6. The maximum Gasteiger partial charge on any atom is 0.164 e. The van der Waals surface area contributed by atoms with Crippen LogP contribution in [-0.4, -0.2) is 17.8 Å². The molecule has 17 heavy (non-hydrogen) atoms. The van der Waals surface area contributed by atoms with Crippen LogP contribution in [0.1, 0.15) is 37.5 Å². The van der Waals surface area contributed by atoms with Gasteiger partial charge in [0.1, 0.15) is 0 Å². The minimum atomic E-state index is -1.08. The number of methoxy groups -OCH3 is 1. The van der Waals surface area contributed by atoms with E-state index in [9.17, 15) is 13.9 Å². The number of hydrogen-bond acceptors (Lipinski definition) is 2. The van der Waals surface area contributed by atoms with Crippen LogP contribution in [0.2, 0.25) is 0 Å². The molecule has 4 heteroatoms. The average Bonchev–Trinajstić information content (AvgIpc) is 2.25. The van der Waals surface area contributed by atoms with Crippen molar-refractivity contribution in [3.8, 4) is 0 Å². The van der Waals surface area contributed by atoms with E-state index in [0.29, 0.717) is 0 Å². The fourth-order valence-electron chi connectivity index (χ4n) is 1.58. The molecule has 1 rings (SSSR count). The Labute approximate surface area is 100 Å². The third kappa shape index (κ3) is 3.23. The summed E-state index contributed by atoms with van der Waals surface area (Å²) in [4.78, 5) is 0. The zero-order chi connectivity index (χ0) is 13.2. The van der Waals surface area contributed by atoms with Gasteiger partial charge < -0.3 is 9.84 Å². The van der Waals surface area contributed by atoms with Crippen LogP contribution in [0.25, 0.3) is 0 Å². The van der Waals surface area contributed by atoms with Gasteiger partial charge >= 0.3 is 0 Å². The van der Waals surface area contributed by atoms with E-state index in [1.54, 1.807) is 13.8 Å². The third-order valence-corrected chi connectivity index (χ3v) is 2.90. The highest BCUT2D eigenvalue weighted by atomic mass is 19.2. The van der Waals surface area contributed by atoms with Gasteiger partial charge in [0, 0.05) is 19.1 Å². The summed E-state index contributed by atoms with van der Waals surface area (Å²) >= 11 is 0. The molecule has 0 fully saturated rings. The molecule has 1 aromatic carbocycles. The van der Waals surface area contributed by atoms with Gasteiger partial charge in [-0.25, -0.2) is 8.78 Å². The number of aryl methyl sites for hydroxylation is 1. The molecule has 0 heterocycles. The molecule has 0 spiro atoms. The largest absolute Gasteiger partial charge is 0.388 e. The predicted octanol–water partition coefficient (Wildman–Crippen LogP) is 3.12. The van der Waals surface area contributed by atoms with Crippen molar-refractivity contribution in [2.45, 2.75) is 38.9 Å². The van der Waals surface area contributed by atoms with Gasteiger partial charge in [-0.2, -0.15) is 0 Å². The van der Waals surface area contributed by atoms with E-state index >= 15 is 0 Å². The number of rotatable bonds is 4. The van der Waals surface area contributed by atoms with Crippen LogP contribution >= 0.6 is 0 Å². The molecular formula is C13H18F2O2. The van der Waals surface area contributed by atoms with Crippen LogP contribution in [-0.2, 0) is 4.74 Å². The monoisotopic (exact) mass is 244 g/mol. The second-order valence-electron chi connectivity index (χ2n) is 4.78. The van der Waals surface area contributed by atoms with E-state index in [1.807, 2.05) is 0 Å². The van der Waals surface area contributed by atoms with Gasteiger partial charge in [0.2, 0.25) is 0 Å². The topological polar surface area (TPSA) is 29.5 Å². The highest BCUT2D eigenvalue weighted by Gasteiger charge is 2.25. The molecule has 0 aliphatic carbocycles. The third-order valence-electron chi connectivity index (χ3n) is 2.90. The Morgan fingerprint density at radius 3 is 2.41 bits per heavy atom. The lowest BCUT2D eigenvalue weighted by molar-refractivity contribution is -0.0209. The number of halogens is 2. The van der Waals surface area contributed by atoms with E-state index in [1.165, 1.54) is 26.2 Å². The average molecular weight is 244 g/mol. The molecule has 0 radical (unpaired) electrons. The Morgan fingerprint density at radius 1 is 1.29 bits per heavy atom. The van der Waals surface area contributed by atoms with Crippen molar-refractivity contribution in [3.63, 3.8) is 0 Å². The van der Waals surface area contributed by atoms with Crippen LogP contribution < -0.4 is 0 Å². The number of ether oxygens (including phenoxy) is 1. The Balaban J connectivity index is 2.98. The first-order valence-corrected chi connectivity index (χ1v) is 5.46. The van der Waals surface area contributed by atoms with E-state index in [4.69, 9.17) is 4.74 Å². The zero-order valence-electron chi connectivity index (χ0n) is 10.6. The van der Waals surface area contributed by atoms with Crippen LogP contribution in [0.3, 0.4) is 0 Å². The smallest absolute Gasteiger partial charge is 0.164 e. The van der Waals surface area contributed by atoms with Gasteiger partial charge in [-0.05, 0) is 26.3 Å². The summed E-state index contributed by atoms with van der Waals surface area (Å²) in [6.45, 7) is 5.03. The highest BCUT2D eigenvalue weighted by molar-refractivity contribution is 5.27. The lowest BCUT2D eigenvalue weighted by Gasteiger charge is -2.26. The zero-order valence-corrected chi connectivity index (χ0v) is 10.6. The van der Waals surface area contributed by atoms with Crippen molar-refractivity contribution in [1.82, 2.24) is 0 Å². The lowest BCUT2D eigenvalue weighted by atomic mass is 9.95. The fraction of sp³-hybridized carbons (Fsp3) is 0.538. The molecule has 2 nitrogen and oxygen atoms in total. The van der Waals surface area contributed by atoms with E-state index < -0.39 is 23.3 Å². The molecule has 0 amide bonds. The predicted molar refractivity (Wildman–Crippen MR) is 61.8 cm³/mol. The summed E-state index contributed by atoms with van der Waals surface area (Å²) < 4.78 is 32.1. The highest BCUT2D eigenvalue weighted by Crippen LogP contribution is 2.29. The van der Waals surface area contributed by atoms with E-state index in [-0.39, 0.29) is 17.5 Å². The maximum absolute atomic E-state index is 13.6. The van der Waals surface area contributed by atoms with Crippen molar-refractivity contribution >= 4 is 0 Å². The molecule has 0 saturated carbocycles. The number of hydrogen-bond donors (Lipinski definition) is 1. The Bertz CT molecular complexity index is 403. The van der Waals surface area contributed by atoms with Crippen molar-refractivity contribution in [2.24, 2.45) is 0 Å². The normalized spacial score (nSPS) is 13.8. The number of benzene rings is 1. The summed E-state index contributed by atoms with van der Waals surface area (Å²) in [5.74, 6) is -1.89. The molecule has 0 aliphatic rings. The van der Waals surface area contributed by atoms with E-state index in [0.717, 1.165) is 0 Å². The summed E-state index contributed by atoms with van der Waals surface area (Å²) in [6.07, 6.45) is -0.886. The molecule has 0 aromatic heterocycles. The van der Waals surface area contributed by atoms with Gasteiger partial charge in [0.25, 0.3) is 0 Å². The molecule has 0 saturated heterocycles. The van der Waals surface area contributed by atoms with Crippen LogP contribution in [0.15, 0.2) is 12.1 Å². The summed E-state index contributed by atoms with van der Waals surface area (Å²) in [7, 11) is 1.51. The first-order chi connectivity index (χ1) is 7.78. The van der Waals surface area contributed by atoms with Crippen molar-refractivity contribution in [2.75, 3.05) is 7.11 Å². The Morgan fingerprint density at radius 2 is 1.88 bits per heavy atom. The summed E-state index contributed by atoms with van der Waals surface area (Å²) in [6, 6.07) is 2.86. The second kappa shape index (κ2) is 5.10. The van der Waals surface area contributed by atoms with Gasteiger partial charge in [-0.15, -0.1) is 0 Å². The first-order valence-electron chi connectivity index (χ1n) is 5.46. The van der Waals surface area contributed by atoms with Crippen LogP contribution in [0.4, 0.5) is 8.78 Å². The minimum absolute atomic E-state index is 0.0294. The van der Waals surface area contributed by atoms with Crippen molar-refractivity contribution in [1.29, 1.82) is 0 Å². The summed E-state index contributed by atoms with van der Waals surface area (Å²) in [5.41, 5.74) is -0.393. The molecule has 0 aliphatic heterocycles. The lowest BCUT2D eigenvalue weighted by Crippen LogP contribution is -2.25. The van der Waals surface area contributed by atoms with Crippen molar-refractivity contribution in [3.05, 3.63) is 34.9 Å². The standard InChI is InChI=1S/C13H18F2O2/c1-8-5-6-9(12(15)11(8)14)10(16)7-13(2,3)17-4/h5-6,10,16H,7H2,1-4H3. The van der Waals surface area contributed by atoms with Gasteiger partial charge in [0.05, 0.1) is 11.7 Å². The van der Waals surface area contributed by atoms with Crippen LogP contribution in [0, 0.1) is 18.6 Å². The first kappa shape index (κ1) is 14.1. The summed E-state index contributed by atoms with van der Waals surface area (Å²) in [5, 5.41) is 9.90. The van der Waals surface area contributed by atoms with E-state index in [2.05, 4.69) is 0 Å². The molecule has 0 bridgehead atoms. The van der Waals surface area contributed by atoms with Gasteiger partial charge in [0.15, 0.2) is 11.6 Å². The SMILES string of the molecule is COC(C)(C)CC(O)c1ccc(C)c(F)c1F. The second-order valence-corrected chi connectivity index (χ2v) is 4.78. The molecule has 1 N–H and O–H groups in total. The molecule has 1 aromatic rings. The quantitative estimate of drug-likeness (QED) is 0.881. The molecule has 1 unspecified atom stereocenters. The van der Waals surface area contributed by atoms with Gasteiger partial charge in [-0.1, -0.05) is 12.1 Å². The molecule has 1 atom stereocenters. The number of aliphatic hydroxyl groups excluding tert-OH is 1. The number of aliphatic hydroxyl groups is 1. The minimum Gasteiger partial charge on any atom is -0.388 e. The Hall–Kier alpha value is -1.00. The fourth-order valence-corrected chi connectivity index (χ4v) is 1.58.